The lowest BCUT2D eigenvalue weighted by atomic mass is 10.1. The summed E-state index contributed by atoms with van der Waals surface area (Å²) in [6.07, 6.45) is 1.26. The predicted molar refractivity (Wildman–Crippen MR) is 93.2 cm³/mol. The highest BCUT2D eigenvalue weighted by Crippen LogP contribution is 2.13. The number of aliphatic imine (C=N–C) groups is 1. The van der Waals surface area contributed by atoms with E-state index >= 15 is 0 Å². The Balaban J connectivity index is 1.78. The second kappa shape index (κ2) is 8.86. The largest absolute Gasteiger partial charge is 0.450 e. The number of hydrogen-bond acceptors (Lipinski definition) is 5. The molecule has 1 heterocycles. The lowest BCUT2D eigenvalue weighted by Crippen LogP contribution is -2.48. The number of nitro groups is 1. The van der Waals surface area contributed by atoms with Gasteiger partial charge in [0.25, 0.3) is 5.69 Å². The Hall–Kier alpha value is -2.84. The van der Waals surface area contributed by atoms with Gasteiger partial charge in [-0.3, -0.25) is 10.1 Å². The van der Waals surface area contributed by atoms with Crippen molar-refractivity contribution in [1.82, 2.24) is 10.2 Å². The number of carbonyl (C=O) groups excluding carboxylic acids is 1. The maximum Gasteiger partial charge on any atom is 0.409 e. The average molecular weight is 349 g/mol. The molecule has 1 aliphatic rings. The van der Waals surface area contributed by atoms with Crippen LogP contribution in [0.3, 0.4) is 0 Å². The Bertz CT molecular complexity index is 624. The SMILES string of the molecule is CCOC(=O)N1CCC(NC(N)=NCc2ccc([N+](=O)[O-])cc2)CC1. The highest BCUT2D eigenvalue weighted by molar-refractivity contribution is 5.78. The normalized spacial score (nSPS) is 15.7. The van der Waals surface area contributed by atoms with Gasteiger partial charge in [-0.2, -0.15) is 0 Å². The number of nitrogens with two attached hydrogens (primary N) is 1. The van der Waals surface area contributed by atoms with Gasteiger partial charge in [0.2, 0.25) is 0 Å². The zero-order chi connectivity index (χ0) is 18.2. The van der Waals surface area contributed by atoms with E-state index in [2.05, 4.69) is 10.3 Å². The minimum Gasteiger partial charge on any atom is -0.450 e. The summed E-state index contributed by atoms with van der Waals surface area (Å²) < 4.78 is 4.98. The second-order valence-electron chi connectivity index (χ2n) is 5.73. The lowest BCUT2D eigenvalue weighted by Gasteiger charge is -2.31. The van der Waals surface area contributed by atoms with Gasteiger partial charge in [-0.25, -0.2) is 9.79 Å². The van der Waals surface area contributed by atoms with Gasteiger partial charge >= 0.3 is 6.09 Å². The molecule has 1 aromatic rings. The van der Waals surface area contributed by atoms with Gasteiger partial charge in [0.1, 0.15) is 0 Å². The third kappa shape index (κ3) is 5.63. The van der Waals surface area contributed by atoms with Crippen LogP contribution in [0, 0.1) is 10.1 Å². The molecule has 1 saturated heterocycles. The minimum absolute atomic E-state index is 0.0483. The third-order valence-corrected chi connectivity index (χ3v) is 3.95. The Morgan fingerprint density at radius 2 is 2.04 bits per heavy atom. The number of piperidine rings is 1. The number of likely N-dealkylation sites (tertiary alicyclic amines) is 1. The van der Waals surface area contributed by atoms with E-state index < -0.39 is 4.92 Å². The molecule has 1 aromatic carbocycles. The van der Waals surface area contributed by atoms with Crippen molar-refractivity contribution >= 4 is 17.7 Å². The van der Waals surface area contributed by atoms with Gasteiger partial charge in [-0.1, -0.05) is 12.1 Å². The summed E-state index contributed by atoms with van der Waals surface area (Å²) in [5, 5.41) is 13.8. The molecule has 0 spiro atoms. The van der Waals surface area contributed by atoms with Gasteiger partial charge in [0.05, 0.1) is 18.1 Å². The maximum absolute atomic E-state index is 11.6. The van der Waals surface area contributed by atoms with E-state index in [1.165, 1.54) is 12.1 Å². The molecule has 0 aliphatic carbocycles. The van der Waals surface area contributed by atoms with E-state index in [0.717, 1.165) is 18.4 Å². The van der Waals surface area contributed by atoms with Crippen molar-refractivity contribution in [2.45, 2.75) is 32.4 Å². The molecular weight excluding hydrogens is 326 g/mol. The number of nitrogens with zero attached hydrogens (tertiary/aromatic N) is 3. The summed E-state index contributed by atoms with van der Waals surface area (Å²) in [5.41, 5.74) is 6.79. The van der Waals surface area contributed by atoms with Crippen LogP contribution >= 0.6 is 0 Å². The fraction of sp³-hybridized carbons (Fsp3) is 0.500. The molecule has 0 unspecified atom stereocenters. The highest BCUT2D eigenvalue weighted by Gasteiger charge is 2.23. The quantitative estimate of drug-likeness (QED) is 0.360. The van der Waals surface area contributed by atoms with Crippen LogP contribution in [0.4, 0.5) is 10.5 Å². The summed E-state index contributed by atoms with van der Waals surface area (Å²) in [4.78, 5) is 27.8. The first-order valence-electron chi connectivity index (χ1n) is 8.21. The third-order valence-electron chi connectivity index (χ3n) is 3.95. The van der Waals surface area contributed by atoms with E-state index in [0.29, 0.717) is 32.2 Å². The van der Waals surface area contributed by atoms with E-state index in [4.69, 9.17) is 10.5 Å². The highest BCUT2D eigenvalue weighted by atomic mass is 16.6. The van der Waals surface area contributed by atoms with Crippen LogP contribution in [0.1, 0.15) is 25.3 Å². The number of nitro benzene ring substituents is 1. The Morgan fingerprint density at radius 1 is 1.40 bits per heavy atom. The molecule has 9 heteroatoms. The molecule has 25 heavy (non-hydrogen) atoms. The molecule has 1 aliphatic heterocycles. The van der Waals surface area contributed by atoms with Crippen molar-refractivity contribution in [2.24, 2.45) is 10.7 Å². The van der Waals surface area contributed by atoms with Crippen molar-refractivity contribution in [2.75, 3.05) is 19.7 Å². The van der Waals surface area contributed by atoms with E-state index in [9.17, 15) is 14.9 Å². The van der Waals surface area contributed by atoms with Crippen LogP contribution in [0.25, 0.3) is 0 Å². The van der Waals surface area contributed by atoms with Gasteiger partial charge in [0.15, 0.2) is 5.96 Å². The minimum atomic E-state index is -0.439. The molecule has 1 fully saturated rings. The fourth-order valence-corrected chi connectivity index (χ4v) is 2.58. The zero-order valence-corrected chi connectivity index (χ0v) is 14.2. The molecule has 2 rings (SSSR count). The monoisotopic (exact) mass is 349 g/mol. The Labute approximate surface area is 146 Å². The topological polar surface area (TPSA) is 123 Å². The predicted octanol–water partition coefficient (Wildman–Crippen LogP) is 1.62. The number of ether oxygens (including phenoxy) is 1. The molecule has 1 amide bonds. The summed E-state index contributed by atoms with van der Waals surface area (Å²) in [6.45, 7) is 3.74. The Morgan fingerprint density at radius 3 is 2.60 bits per heavy atom. The molecule has 0 radical (unpaired) electrons. The first-order valence-corrected chi connectivity index (χ1v) is 8.21. The van der Waals surface area contributed by atoms with Crippen LogP contribution in [-0.2, 0) is 11.3 Å². The van der Waals surface area contributed by atoms with Crippen LogP contribution in [0.5, 0.6) is 0 Å². The summed E-state index contributed by atoms with van der Waals surface area (Å²) in [7, 11) is 0. The summed E-state index contributed by atoms with van der Waals surface area (Å²) in [5.74, 6) is 0.327. The standard InChI is InChI=1S/C16H23N5O4/c1-2-25-16(22)20-9-7-13(8-10-20)19-15(17)18-11-12-3-5-14(6-4-12)21(23)24/h3-6,13H,2,7-11H2,1H3,(H3,17,18,19). The van der Waals surface area contributed by atoms with Crippen LogP contribution in [-0.4, -0.2) is 47.6 Å². The molecule has 9 nitrogen and oxygen atoms in total. The molecule has 136 valence electrons. The van der Waals surface area contributed by atoms with Crippen molar-refractivity contribution in [3.63, 3.8) is 0 Å². The summed E-state index contributed by atoms with van der Waals surface area (Å²) in [6, 6.07) is 6.37. The Kier molecular flexibility index (Phi) is 6.55. The van der Waals surface area contributed by atoms with Gasteiger partial charge in [-0.15, -0.1) is 0 Å². The number of carbonyl (C=O) groups is 1. The first-order chi connectivity index (χ1) is 12.0. The van der Waals surface area contributed by atoms with Gasteiger partial charge < -0.3 is 20.7 Å². The zero-order valence-electron chi connectivity index (χ0n) is 14.2. The van der Waals surface area contributed by atoms with Gasteiger partial charge in [0, 0.05) is 31.3 Å². The maximum atomic E-state index is 11.6. The molecule has 0 atom stereocenters. The summed E-state index contributed by atoms with van der Waals surface area (Å²) >= 11 is 0. The lowest BCUT2D eigenvalue weighted by molar-refractivity contribution is -0.384. The fourth-order valence-electron chi connectivity index (χ4n) is 2.58. The van der Waals surface area contributed by atoms with E-state index in [1.54, 1.807) is 24.0 Å². The molecular formula is C16H23N5O4. The number of amides is 1. The van der Waals surface area contributed by atoms with E-state index in [1.807, 2.05) is 0 Å². The first kappa shape index (κ1) is 18.5. The molecule has 3 N–H and O–H groups in total. The molecule has 0 aromatic heterocycles. The van der Waals surface area contributed by atoms with Crippen LogP contribution in [0.2, 0.25) is 0 Å². The van der Waals surface area contributed by atoms with E-state index in [-0.39, 0.29) is 17.8 Å². The van der Waals surface area contributed by atoms with Crippen molar-refractivity contribution in [3.8, 4) is 0 Å². The van der Waals surface area contributed by atoms with Crippen molar-refractivity contribution < 1.29 is 14.5 Å². The number of guanidine groups is 1. The van der Waals surface area contributed by atoms with Crippen LogP contribution < -0.4 is 11.1 Å². The second-order valence-corrected chi connectivity index (χ2v) is 5.73. The van der Waals surface area contributed by atoms with Crippen molar-refractivity contribution in [1.29, 1.82) is 0 Å². The van der Waals surface area contributed by atoms with Crippen LogP contribution in [0.15, 0.2) is 29.3 Å². The average Bonchev–Trinajstić information content (AvgIpc) is 2.61. The van der Waals surface area contributed by atoms with Crippen molar-refractivity contribution in [3.05, 3.63) is 39.9 Å². The molecule has 0 saturated carbocycles. The number of nitrogens with one attached hydrogen (secondary N) is 1. The molecule has 0 bridgehead atoms. The number of hydrogen-bond donors (Lipinski definition) is 2. The number of non-ortho nitro benzene ring substituents is 1. The smallest absolute Gasteiger partial charge is 0.409 e. The number of rotatable bonds is 5. The van der Waals surface area contributed by atoms with Gasteiger partial charge in [-0.05, 0) is 25.3 Å². The number of benzene rings is 1.